The van der Waals surface area contributed by atoms with Gasteiger partial charge in [0.15, 0.2) is 0 Å². The molecule has 80 valence electrons. The molecule has 4 heteroatoms. The summed E-state index contributed by atoms with van der Waals surface area (Å²) in [5.74, 6) is 0. The van der Waals surface area contributed by atoms with E-state index in [1.54, 1.807) is 11.3 Å². The molecule has 0 unspecified atom stereocenters. The molecule has 0 atom stereocenters. The number of hydrogen-bond acceptors (Lipinski definition) is 3. The van der Waals surface area contributed by atoms with Crippen LogP contribution in [0.2, 0.25) is 4.34 Å². The number of hydrogen-bond donors (Lipinski definition) is 1. The first-order valence-electron chi connectivity index (χ1n) is 4.60. The lowest BCUT2D eigenvalue weighted by atomic mass is 10.1. The van der Waals surface area contributed by atoms with E-state index in [2.05, 4.69) is 37.2 Å². The summed E-state index contributed by atoms with van der Waals surface area (Å²) in [6, 6.07) is 3.99. The molecule has 1 aromatic rings. The van der Waals surface area contributed by atoms with Gasteiger partial charge >= 0.3 is 0 Å². The Bertz CT molecular complexity index is 296. The number of nitrogens with one attached hydrogen (secondary N) is 1. The molecule has 0 aliphatic rings. The second-order valence-electron chi connectivity index (χ2n) is 4.07. The van der Waals surface area contributed by atoms with Crippen LogP contribution in [0.5, 0.6) is 0 Å². The lowest BCUT2D eigenvalue weighted by molar-refractivity contribution is 0.429. The lowest BCUT2D eigenvalue weighted by Gasteiger charge is -2.30. The normalized spacial score (nSPS) is 11.8. The summed E-state index contributed by atoms with van der Waals surface area (Å²) >= 11 is 7.50. The Morgan fingerprint density at radius 3 is 2.57 bits per heavy atom. The van der Waals surface area contributed by atoms with Gasteiger partial charge in [0.05, 0.1) is 9.34 Å². The highest BCUT2D eigenvalue weighted by atomic mass is 35.5. The third-order valence-corrected chi connectivity index (χ3v) is 3.59. The van der Waals surface area contributed by atoms with Gasteiger partial charge < -0.3 is 10.2 Å². The van der Waals surface area contributed by atoms with E-state index < -0.39 is 0 Å². The first-order chi connectivity index (χ1) is 6.44. The van der Waals surface area contributed by atoms with Crippen LogP contribution in [0.4, 0.5) is 5.00 Å². The summed E-state index contributed by atoms with van der Waals surface area (Å²) in [5.41, 5.74) is 0.116. The van der Waals surface area contributed by atoms with Gasteiger partial charge in [0.25, 0.3) is 0 Å². The van der Waals surface area contributed by atoms with Crippen LogP contribution in [0.3, 0.4) is 0 Å². The van der Waals surface area contributed by atoms with Crippen LogP contribution in [0.25, 0.3) is 0 Å². The van der Waals surface area contributed by atoms with Gasteiger partial charge in [-0.25, -0.2) is 0 Å². The highest BCUT2D eigenvalue weighted by Crippen LogP contribution is 2.29. The van der Waals surface area contributed by atoms with Crippen molar-refractivity contribution in [3.05, 3.63) is 16.5 Å². The first-order valence-corrected chi connectivity index (χ1v) is 5.79. The van der Waals surface area contributed by atoms with E-state index in [1.165, 1.54) is 5.00 Å². The van der Waals surface area contributed by atoms with E-state index in [-0.39, 0.29) is 5.54 Å². The van der Waals surface area contributed by atoms with Gasteiger partial charge in [-0.05, 0) is 33.0 Å². The van der Waals surface area contributed by atoms with Crippen LogP contribution in [-0.2, 0) is 0 Å². The second kappa shape index (κ2) is 4.51. The molecule has 1 heterocycles. The molecule has 0 radical (unpaired) electrons. The zero-order valence-electron chi connectivity index (χ0n) is 9.10. The minimum Gasteiger partial charge on any atom is -0.365 e. The van der Waals surface area contributed by atoms with E-state index in [0.29, 0.717) is 0 Å². The Hall–Kier alpha value is -0.250. The van der Waals surface area contributed by atoms with Crippen molar-refractivity contribution in [2.45, 2.75) is 19.4 Å². The van der Waals surface area contributed by atoms with Crippen LogP contribution in [0, 0.1) is 0 Å². The summed E-state index contributed by atoms with van der Waals surface area (Å²) < 4.78 is 0.842. The Labute approximate surface area is 94.9 Å². The van der Waals surface area contributed by atoms with Crippen molar-refractivity contribution in [3.63, 3.8) is 0 Å². The third-order valence-electron chi connectivity index (χ3n) is 2.24. The van der Waals surface area contributed by atoms with Crippen LogP contribution >= 0.6 is 22.9 Å². The van der Waals surface area contributed by atoms with Gasteiger partial charge in [0, 0.05) is 19.1 Å². The molecule has 14 heavy (non-hydrogen) atoms. The second-order valence-corrected chi connectivity index (χ2v) is 5.76. The van der Waals surface area contributed by atoms with Crippen LogP contribution in [-0.4, -0.2) is 26.2 Å². The molecule has 0 saturated heterocycles. The Balaban J connectivity index is 2.63. The van der Waals surface area contributed by atoms with E-state index in [4.69, 9.17) is 11.6 Å². The van der Waals surface area contributed by atoms with Gasteiger partial charge in [0.2, 0.25) is 0 Å². The maximum absolute atomic E-state index is 5.89. The Morgan fingerprint density at radius 1 is 1.50 bits per heavy atom. The summed E-state index contributed by atoms with van der Waals surface area (Å²) in [4.78, 5) is 2.22. The highest BCUT2D eigenvalue weighted by Gasteiger charge is 2.18. The van der Waals surface area contributed by atoms with E-state index in [9.17, 15) is 0 Å². The van der Waals surface area contributed by atoms with Gasteiger partial charge in [0.1, 0.15) is 0 Å². The average molecular weight is 233 g/mol. The molecular formula is C10H17ClN2S. The highest BCUT2D eigenvalue weighted by molar-refractivity contribution is 7.19. The smallest absolute Gasteiger partial charge is 0.0950 e. The van der Waals surface area contributed by atoms with E-state index in [1.807, 2.05) is 13.1 Å². The topological polar surface area (TPSA) is 15.3 Å². The summed E-state index contributed by atoms with van der Waals surface area (Å²) in [6.07, 6.45) is 0. The lowest BCUT2D eigenvalue weighted by Crippen LogP contribution is -2.46. The van der Waals surface area contributed by atoms with E-state index >= 15 is 0 Å². The largest absolute Gasteiger partial charge is 0.365 e. The molecule has 0 aromatic carbocycles. The molecule has 0 saturated carbocycles. The molecule has 0 bridgehead atoms. The Kier molecular flexibility index (Phi) is 3.81. The maximum atomic E-state index is 5.89. The summed E-state index contributed by atoms with van der Waals surface area (Å²) in [6.45, 7) is 5.32. The third kappa shape index (κ3) is 3.15. The number of rotatable bonds is 4. The van der Waals surface area contributed by atoms with Crippen molar-refractivity contribution in [3.8, 4) is 0 Å². The molecule has 2 nitrogen and oxygen atoms in total. The molecular weight excluding hydrogens is 216 g/mol. The van der Waals surface area contributed by atoms with Crippen molar-refractivity contribution >= 4 is 27.9 Å². The van der Waals surface area contributed by atoms with E-state index in [0.717, 1.165) is 10.9 Å². The van der Waals surface area contributed by atoms with Crippen molar-refractivity contribution in [2.24, 2.45) is 0 Å². The number of thiophene rings is 1. The molecule has 0 aliphatic carbocycles. The average Bonchev–Trinajstić information content (AvgIpc) is 2.51. The van der Waals surface area contributed by atoms with Crippen LogP contribution in [0.1, 0.15) is 13.8 Å². The molecule has 1 N–H and O–H groups in total. The SMILES string of the molecule is CNC(C)(C)CN(C)c1ccc(Cl)s1. The fourth-order valence-electron chi connectivity index (χ4n) is 1.26. The number of likely N-dealkylation sites (N-methyl/N-ethyl adjacent to an activating group) is 2. The predicted molar refractivity (Wildman–Crippen MR) is 65.7 cm³/mol. The summed E-state index contributed by atoms with van der Waals surface area (Å²) in [7, 11) is 4.07. The number of anilines is 1. The Morgan fingerprint density at radius 2 is 2.14 bits per heavy atom. The molecule has 1 aromatic heterocycles. The summed E-state index contributed by atoms with van der Waals surface area (Å²) in [5, 5.41) is 4.49. The minimum absolute atomic E-state index is 0.116. The number of halogens is 1. The zero-order chi connectivity index (χ0) is 10.8. The van der Waals surface area contributed by atoms with Gasteiger partial charge in [-0.2, -0.15) is 0 Å². The minimum atomic E-state index is 0.116. The molecule has 0 spiro atoms. The predicted octanol–water partition coefficient (Wildman–Crippen LogP) is 2.84. The van der Waals surface area contributed by atoms with Crippen LogP contribution in [0.15, 0.2) is 12.1 Å². The standard InChI is InChI=1S/C10H17ClN2S/c1-10(2,12-3)7-13(4)9-6-5-8(11)14-9/h5-6,12H,7H2,1-4H3. The monoisotopic (exact) mass is 232 g/mol. The maximum Gasteiger partial charge on any atom is 0.0950 e. The fraction of sp³-hybridized carbons (Fsp3) is 0.600. The molecule has 0 fully saturated rings. The van der Waals surface area contributed by atoms with Crippen molar-refractivity contribution in [1.82, 2.24) is 5.32 Å². The van der Waals surface area contributed by atoms with Gasteiger partial charge in [-0.3, -0.25) is 0 Å². The zero-order valence-corrected chi connectivity index (χ0v) is 10.7. The van der Waals surface area contributed by atoms with Gasteiger partial charge in [-0.15, -0.1) is 11.3 Å². The van der Waals surface area contributed by atoms with Crippen molar-refractivity contribution < 1.29 is 0 Å². The van der Waals surface area contributed by atoms with Crippen LogP contribution < -0.4 is 10.2 Å². The molecule has 0 aliphatic heterocycles. The molecule has 1 rings (SSSR count). The number of nitrogens with zero attached hydrogens (tertiary/aromatic N) is 1. The van der Waals surface area contributed by atoms with Crippen molar-refractivity contribution in [2.75, 3.05) is 25.5 Å². The van der Waals surface area contributed by atoms with Crippen molar-refractivity contribution in [1.29, 1.82) is 0 Å². The molecule has 0 amide bonds. The first kappa shape index (κ1) is 11.8. The van der Waals surface area contributed by atoms with Gasteiger partial charge in [-0.1, -0.05) is 11.6 Å². The fourth-order valence-corrected chi connectivity index (χ4v) is 2.25. The quantitative estimate of drug-likeness (QED) is 0.859.